The lowest BCUT2D eigenvalue weighted by molar-refractivity contribution is -0.117. The average Bonchev–Trinajstić information content (AvgIpc) is 2.89. The first-order valence-electron chi connectivity index (χ1n) is 8.72. The molecule has 5 nitrogen and oxygen atoms in total. The summed E-state index contributed by atoms with van der Waals surface area (Å²) in [7, 11) is 0. The molecule has 1 heterocycles. The van der Waals surface area contributed by atoms with E-state index >= 15 is 0 Å². The lowest BCUT2D eigenvalue weighted by Gasteiger charge is -2.36. The molecule has 5 heteroatoms. The molecular formula is C20H25N3O2. The van der Waals surface area contributed by atoms with Crippen LogP contribution in [0.2, 0.25) is 0 Å². The van der Waals surface area contributed by atoms with Crippen molar-refractivity contribution in [2.45, 2.75) is 39.2 Å². The highest BCUT2D eigenvalue weighted by Gasteiger charge is 2.28. The number of allylic oxidation sites excluding steroid dienone is 2. The molecule has 2 aliphatic rings. The summed E-state index contributed by atoms with van der Waals surface area (Å²) < 4.78 is 0. The van der Waals surface area contributed by atoms with E-state index in [4.69, 9.17) is 5.73 Å². The Hall–Kier alpha value is -2.56. The molecule has 3 N–H and O–H groups in total. The van der Waals surface area contributed by atoms with Crippen LogP contribution < -0.4 is 16.0 Å². The molecule has 132 valence electrons. The molecule has 0 aromatic heterocycles. The molecule has 25 heavy (non-hydrogen) atoms. The first kappa shape index (κ1) is 17.3. The molecule has 1 atom stereocenters. The zero-order valence-electron chi connectivity index (χ0n) is 14.9. The Morgan fingerprint density at radius 2 is 2.12 bits per heavy atom. The number of anilines is 1. The van der Waals surface area contributed by atoms with Crippen LogP contribution in [-0.2, 0) is 11.2 Å². The number of benzene rings is 1. The molecule has 2 amide bonds. The number of hydrogen-bond acceptors (Lipinski definition) is 3. The Labute approximate surface area is 148 Å². The molecule has 1 aliphatic heterocycles. The number of carbonyl (C=O) groups is 2. The van der Waals surface area contributed by atoms with E-state index in [9.17, 15) is 9.59 Å². The quantitative estimate of drug-likeness (QED) is 0.827. The Morgan fingerprint density at radius 3 is 2.80 bits per heavy atom. The number of nitrogens with one attached hydrogen (secondary N) is 1. The number of nitrogens with two attached hydrogens (primary N) is 1. The molecule has 0 spiro atoms. The number of carbonyl (C=O) groups excluding carboxylic acids is 2. The molecule has 1 aliphatic carbocycles. The van der Waals surface area contributed by atoms with Crippen molar-refractivity contribution in [2.75, 3.05) is 18.0 Å². The van der Waals surface area contributed by atoms with Gasteiger partial charge in [0.2, 0.25) is 11.8 Å². The third-order valence-electron chi connectivity index (χ3n) is 5.31. The lowest BCUT2D eigenvalue weighted by atomic mass is 9.95. The van der Waals surface area contributed by atoms with Crippen molar-refractivity contribution >= 4 is 23.1 Å². The molecule has 0 unspecified atom stereocenters. The molecule has 0 radical (unpaired) electrons. The van der Waals surface area contributed by atoms with Crippen molar-refractivity contribution in [1.82, 2.24) is 5.32 Å². The van der Waals surface area contributed by atoms with Gasteiger partial charge < -0.3 is 16.0 Å². The Morgan fingerprint density at radius 1 is 1.36 bits per heavy atom. The smallest absolute Gasteiger partial charge is 0.249 e. The van der Waals surface area contributed by atoms with Crippen LogP contribution in [0.5, 0.6) is 0 Å². The van der Waals surface area contributed by atoms with Gasteiger partial charge in [0.15, 0.2) is 0 Å². The van der Waals surface area contributed by atoms with Crippen molar-refractivity contribution < 1.29 is 9.59 Å². The number of fused-ring (bicyclic) bond motifs is 1. The van der Waals surface area contributed by atoms with Gasteiger partial charge in [-0.3, -0.25) is 9.59 Å². The average molecular weight is 339 g/mol. The number of nitrogens with zero attached hydrogens (tertiary/aromatic N) is 1. The normalized spacial score (nSPS) is 19.6. The predicted molar refractivity (Wildman–Crippen MR) is 101 cm³/mol. The highest BCUT2D eigenvalue weighted by atomic mass is 16.1. The Kier molecular flexibility index (Phi) is 4.66. The van der Waals surface area contributed by atoms with E-state index in [1.807, 2.05) is 12.1 Å². The van der Waals surface area contributed by atoms with Crippen molar-refractivity contribution in [3.8, 4) is 0 Å². The third kappa shape index (κ3) is 3.18. The topological polar surface area (TPSA) is 75.4 Å². The van der Waals surface area contributed by atoms with Gasteiger partial charge in [0.05, 0.1) is 0 Å². The summed E-state index contributed by atoms with van der Waals surface area (Å²) >= 11 is 0. The Balaban J connectivity index is 1.95. The van der Waals surface area contributed by atoms with Crippen LogP contribution in [0.15, 0.2) is 30.4 Å². The zero-order valence-corrected chi connectivity index (χ0v) is 14.9. The van der Waals surface area contributed by atoms with Gasteiger partial charge in [0.25, 0.3) is 0 Å². The standard InChI is InChI=1S/C20H25N3O2/c1-4-18(24)22-14-6-5-9-23(11-14)17-8-7-15(20(21)25)16-10-12(2)13(3)19(16)17/h4,7-8,14H,1,5-6,9-11H2,2-3H3,(H2,21,25)(H,22,24)/t14-/m0/s1. The minimum absolute atomic E-state index is 0.109. The molecule has 1 fully saturated rings. The summed E-state index contributed by atoms with van der Waals surface area (Å²) in [5.74, 6) is -0.506. The summed E-state index contributed by atoms with van der Waals surface area (Å²) in [5.41, 5.74) is 12.0. The van der Waals surface area contributed by atoms with Gasteiger partial charge in [-0.1, -0.05) is 12.2 Å². The summed E-state index contributed by atoms with van der Waals surface area (Å²) in [6.45, 7) is 9.43. The molecular weight excluding hydrogens is 314 g/mol. The van der Waals surface area contributed by atoms with Crippen LogP contribution in [-0.4, -0.2) is 30.9 Å². The van der Waals surface area contributed by atoms with Gasteiger partial charge in [0.1, 0.15) is 0 Å². The second-order valence-electron chi connectivity index (χ2n) is 6.93. The highest BCUT2D eigenvalue weighted by molar-refractivity contribution is 5.99. The third-order valence-corrected chi connectivity index (χ3v) is 5.31. The number of hydrogen-bond donors (Lipinski definition) is 2. The number of piperidine rings is 1. The fourth-order valence-corrected chi connectivity index (χ4v) is 3.92. The fourth-order valence-electron chi connectivity index (χ4n) is 3.92. The maximum absolute atomic E-state index is 11.8. The molecule has 1 saturated heterocycles. The first-order chi connectivity index (χ1) is 11.9. The molecule has 1 aromatic rings. The molecule has 0 saturated carbocycles. The SMILES string of the molecule is C=CC(=O)N[C@H]1CCCN(c2ccc(C(N)=O)c3c2C(C)=C(C)C3)C1. The van der Waals surface area contributed by atoms with E-state index in [2.05, 4.69) is 30.6 Å². The summed E-state index contributed by atoms with van der Waals surface area (Å²) in [5, 5.41) is 3.00. The zero-order chi connectivity index (χ0) is 18.1. The maximum Gasteiger partial charge on any atom is 0.249 e. The second kappa shape index (κ2) is 6.75. The van der Waals surface area contributed by atoms with E-state index in [1.54, 1.807) is 0 Å². The van der Waals surface area contributed by atoms with E-state index in [0.717, 1.165) is 49.2 Å². The number of primary amides is 1. The van der Waals surface area contributed by atoms with E-state index in [1.165, 1.54) is 17.2 Å². The molecule has 1 aromatic carbocycles. The number of rotatable bonds is 4. The van der Waals surface area contributed by atoms with Crippen LogP contribution in [0.1, 0.15) is 48.2 Å². The second-order valence-corrected chi connectivity index (χ2v) is 6.93. The summed E-state index contributed by atoms with van der Waals surface area (Å²) in [4.78, 5) is 25.7. The molecule has 3 rings (SSSR count). The number of amides is 2. The first-order valence-corrected chi connectivity index (χ1v) is 8.72. The van der Waals surface area contributed by atoms with Crippen LogP contribution >= 0.6 is 0 Å². The van der Waals surface area contributed by atoms with E-state index in [0.29, 0.717) is 5.56 Å². The van der Waals surface area contributed by atoms with Gasteiger partial charge in [0, 0.05) is 35.9 Å². The van der Waals surface area contributed by atoms with Gasteiger partial charge in [-0.2, -0.15) is 0 Å². The van der Waals surface area contributed by atoms with E-state index < -0.39 is 0 Å². The minimum Gasteiger partial charge on any atom is -0.369 e. The van der Waals surface area contributed by atoms with Gasteiger partial charge in [-0.15, -0.1) is 0 Å². The van der Waals surface area contributed by atoms with Crippen LogP contribution in [0.25, 0.3) is 5.57 Å². The van der Waals surface area contributed by atoms with E-state index in [-0.39, 0.29) is 17.9 Å². The predicted octanol–water partition coefficient (Wildman–Crippen LogP) is 2.41. The van der Waals surface area contributed by atoms with Crippen molar-refractivity contribution in [3.63, 3.8) is 0 Å². The summed E-state index contributed by atoms with van der Waals surface area (Å²) in [6.07, 6.45) is 4.06. The Bertz CT molecular complexity index is 779. The minimum atomic E-state index is -0.375. The van der Waals surface area contributed by atoms with Gasteiger partial charge in [-0.25, -0.2) is 0 Å². The van der Waals surface area contributed by atoms with Crippen LogP contribution in [0.3, 0.4) is 0 Å². The largest absolute Gasteiger partial charge is 0.369 e. The maximum atomic E-state index is 11.8. The van der Waals surface area contributed by atoms with Crippen molar-refractivity contribution in [2.24, 2.45) is 5.73 Å². The lowest BCUT2D eigenvalue weighted by Crippen LogP contribution is -2.47. The molecule has 0 bridgehead atoms. The van der Waals surface area contributed by atoms with Crippen molar-refractivity contribution in [3.05, 3.63) is 47.1 Å². The van der Waals surface area contributed by atoms with Gasteiger partial charge >= 0.3 is 0 Å². The van der Waals surface area contributed by atoms with Crippen molar-refractivity contribution in [1.29, 1.82) is 0 Å². The highest BCUT2D eigenvalue weighted by Crippen LogP contribution is 2.41. The summed E-state index contributed by atoms with van der Waals surface area (Å²) in [6, 6.07) is 3.95. The van der Waals surface area contributed by atoms with Gasteiger partial charge in [-0.05, 0) is 62.5 Å². The monoisotopic (exact) mass is 339 g/mol. The fraction of sp³-hybridized carbons (Fsp3) is 0.400. The van der Waals surface area contributed by atoms with Crippen LogP contribution in [0, 0.1) is 0 Å². The van der Waals surface area contributed by atoms with Crippen LogP contribution in [0.4, 0.5) is 5.69 Å².